The Morgan fingerprint density at radius 2 is 1.87 bits per heavy atom. The van der Waals surface area contributed by atoms with Gasteiger partial charge >= 0.3 is 0 Å². The number of furan rings is 1. The van der Waals surface area contributed by atoms with Gasteiger partial charge < -0.3 is 25.6 Å². The van der Waals surface area contributed by atoms with E-state index in [9.17, 15) is 34.2 Å². The molecule has 3 aliphatic rings. The van der Waals surface area contributed by atoms with Crippen molar-refractivity contribution < 1.29 is 43.8 Å². The predicted molar refractivity (Wildman–Crippen MR) is 128 cm³/mol. The van der Waals surface area contributed by atoms with Crippen LogP contribution in [0, 0.1) is 23.7 Å². The molecule has 0 spiro atoms. The van der Waals surface area contributed by atoms with Gasteiger partial charge in [-0.1, -0.05) is 5.16 Å². The molecule has 0 aliphatic heterocycles. The first-order valence-corrected chi connectivity index (χ1v) is 11.9. The summed E-state index contributed by atoms with van der Waals surface area (Å²) >= 11 is 0. The minimum absolute atomic E-state index is 0.0560. The van der Waals surface area contributed by atoms with Crippen LogP contribution in [0.15, 0.2) is 33.8 Å². The van der Waals surface area contributed by atoms with E-state index in [1.807, 2.05) is 0 Å². The van der Waals surface area contributed by atoms with Gasteiger partial charge in [-0.2, -0.15) is 0 Å². The molecule has 0 radical (unpaired) electrons. The number of primary amides is 1. The maximum absolute atomic E-state index is 13.8. The van der Waals surface area contributed by atoms with Gasteiger partial charge in [-0.15, -0.1) is 0 Å². The molecular formula is C26H25N3O9. The molecule has 3 aliphatic carbocycles. The van der Waals surface area contributed by atoms with E-state index in [4.69, 9.17) is 15.4 Å². The number of hydrogen-bond donors (Lipinski definition) is 4. The second-order valence-electron chi connectivity index (χ2n) is 10.2. The Balaban J connectivity index is 1.64. The highest BCUT2D eigenvalue weighted by Crippen LogP contribution is 2.51. The molecule has 12 heteroatoms. The number of ketones is 4. The van der Waals surface area contributed by atoms with Crippen molar-refractivity contribution in [3.8, 4) is 17.1 Å². The van der Waals surface area contributed by atoms with Gasteiger partial charge in [-0.05, 0) is 62.7 Å². The third kappa shape index (κ3) is 3.37. The van der Waals surface area contributed by atoms with Gasteiger partial charge in [0.15, 0.2) is 34.7 Å². The van der Waals surface area contributed by atoms with Crippen LogP contribution in [0.4, 0.5) is 0 Å². The van der Waals surface area contributed by atoms with E-state index < -0.39 is 64.4 Å². The van der Waals surface area contributed by atoms with Crippen molar-refractivity contribution in [3.05, 3.63) is 41.2 Å². The number of nitrogens with zero attached hydrogens (tertiary/aromatic N) is 2. The molecule has 1 amide bonds. The van der Waals surface area contributed by atoms with Crippen LogP contribution in [0.1, 0.15) is 28.1 Å². The first kappa shape index (κ1) is 25.5. The van der Waals surface area contributed by atoms with Crippen LogP contribution in [-0.2, 0) is 25.6 Å². The summed E-state index contributed by atoms with van der Waals surface area (Å²) in [7, 11) is 3.05. The van der Waals surface area contributed by atoms with Crippen LogP contribution < -0.4 is 5.73 Å². The molecular weight excluding hydrogens is 498 g/mol. The molecule has 5 N–H and O–H groups in total. The largest absolute Gasteiger partial charge is 0.507 e. The normalized spacial score (nSPS) is 30.9. The molecule has 2 saturated carbocycles. The molecule has 1 heterocycles. The number of phenolic OH excluding ortho intramolecular Hbond substituents is 1. The maximum Gasteiger partial charge on any atom is 0.235 e. The number of carbonyl (C=O) groups excluding carboxylic acids is 5. The highest BCUT2D eigenvalue weighted by Gasteiger charge is 2.69. The third-order valence-corrected chi connectivity index (χ3v) is 8.02. The lowest BCUT2D eigenvalue weighted by molar-refractivity contribution is -0.181. The fourth-order valence-corrected chi connectivity index (χ4v) is 6.46. The van der Waals surface area contributed by atoms with E-state index in [-0.39, 0.29) is 29.9 Å². The van der Waals surface area contributed by atoms with E-state index >= 15 is 0 Å². The van der Waals surface area contributed by atoms with Gasteiger partial charge in [0, 0.05) is 11.5 Å². The number of likely N-dealkylation sites (N-methyl/N-ethyl adjacent to an activating group) is 1. The lowest BCUT2D eigenvalue weighted by Crippen LogP contribution is -2.74. The van der Waals surface area contributed by atoms with Crippen molar-refractivity contribution in [1.82, 2.24) is 4.90 Å². The van der Waals surface area contributed by atoms with Crippen molar-refractivity contribution in [2.24, 2.45) is 34.6 Å². The van der Waals surface area contributed by atoms with E-state index in [0.717, 1.165) is 6.21 Å². The summed E-state index contributed by atoms with van der Waals surface area (Å²) in [5.41, 5.74) is 3.27. The summed E-state index contributed by atoms with van der Waals surface area (Å²) in [5, 5.41) is 33.9. The Bertz CT molecular complexity index is 1440. The summed E-state index contributed by atoms with van der Waals surface area (Å²) in [4.78, 5) is 67.5. The number of Topliss-reactive ketones (excluding diaryl/α,β-unsaturated/α-hetero) is 4. The van der Waals surface area contributed by atoms with Gasteiger partial charge in [0.2, 0.25) is 5.91 Å². The predicted octanol–water partition coefficient (Wildman–Crippen LogP) is -0.0649. The van der Waals surface area contributed by atoms with Crippen LogP contribution in [-0.4, -0.2) is 81.3 Å². The second-order valence-corrected chi connectivity index (χ2v) is 10.2. The van der Waals surface area contributed by atoms with Crippen LogP contribution in [0.3, 0.4) is 0 Å². The zero-order chi connectivity index (χ0) is 27.7. The maximum atomic E-state index is 13.8. The molecule has 38 heavy (non-hydrogen) atoms. The average molecular weight is 523 g/mol. The Morgan fingerprint density at radius 1 is 1.16 bits per heavy atom. The Hall–Kier alpha value is -4.16. The number of fused-ring (bicyclic) bond motifs is 3. The number of benzene rings is 1. The molecule has 1 aromatic heterocycles. The zero-order valence-electron chi connectivity index (χ0n) is 20.5. The van der Waals surface area contributed by atoms with Gasteiger partial charge in [-0.3, -0.25) is 28.9 Å². The lowest BCUT2D eigenvalue weighted by atomic mass is 9.52. The highest BCUT2D eigenvalue weighted by atomic mass is 16.4. The number of nitrogens with two attached hydrogens (primary N) is 1. The first-order valence-electron chi connectivity index (χ1n) is 11.9. The molecule has 12 nitrogen and oxygen atoms in total. The molecule has 2 aromatic rings. The zero-order valence-corrected chi connectivity index (χ0v) is 20.5. The smallest absolute Gasteiger partial charge is 0.235 e. The number of carbonyl (C=O) groups is 5. The number of amides is 1. The fraction of sp³-hybridized carbons (Fsp3) is 0.385. The number of rotatable bonds is 4. The Labute approximate surface area is 215 Å². The quantitative estimate of drug-likeness (QED) is 0.182. The topological polar surface area (TPSA) is 201 Å². The summed E-state index contributed by atoms with van der Waals surface area (Å²) in [5.74, 6) is -10.5. The van der Waals surface area contributed by atoms with E-state index in [1.54, 1.807) is 18.2 Å². The number of oxime groups is 1. The summed E-state index contributed by atoms with van der Waals surface area (Å²) in [6.07, 6.45) is 1.12. The van der Waals surface area contributed by atoms with E-state index in [2.05, 4.69) is 5.16 Å². The van der Waals surface area contributed by atoms with Crippen molar-refractivity contribution in [2.45, 2.75) is 24.5 Å². The minimum atomic E-state index is -2.77. The highest BCUT2D eigenvalue weighted by molar-refractivity contribution is 6.32. The minimum Gasteiger partial charge on any atom is -0.507 e. The SMILES string of the molecule is CN(C)[C@@H]1C(=O)C(C(N)=O)C(=O)[C@@]2(O)C(=O)C3C(=O)c4c(O)ccc(-c5ccc(/C=N/O)o5)c4C[C@H]3C[C@@H]12. The summed E-state index contributed by atoms with van der Waals surface area (Å²) in [6, 6.07) is 4.78. The van der Waals surface area contributed by atoms with Gasteiger partial charge in [-0.25, -0.2) is 0 Å². The number of phenols is 1. The fourth-order valence-electron chi connectivity index (χ4n) is 6.46. The van der Waals surface area contributed by atoms with E-state index in [1.165, 1.54) is 25.1 Å². The van der Waals surface area contributed by atoms with Gasteiger partial charge in [0.25, 0.3) is 0 Å². The van der Waals surface area contributed by atoms with Gasteiger partial charge in [0.1, 0.15) is 23.5 Å². The molecule has 1 aromatic carbocycles. The average Bonchev–Trinajstić information content (AvgIpc) is 3.29. The second kappa shape index (κ2) is 8.71. The number of hydrogen-bond acceptors (Lipinski definition) is 11. The van der Waals surface area contributed by atoms with Crippen molar-refractivity contribution in [2.75, 3.05) is 14.1 Å². The molecule has 0 saturated heterocycles. The monoisotopic (exact) mass is 523 g/mol. The number of aliphatic hydroxyl groups is 1. The molecule has 5 rings (SSSR count). The third-order valence-electron chi connectivity index (χ3n) is 8.02. The van der Waals surface area contributed by atoms with Crippen molar-refractivity contribution in [1.29, 1.82) is 0 Å². The molecule has 2 unspecified atom stereocenters. The molecule has 2 fully saturated rings. The van der Waals surface area contributed by atoms with Crippen molar-refractivity contribution in [3.63, 3.8) is 0 Å². The van der Waals surface area contributed by atoms with Crippen LogP contribution >= 0.6 is 0 Å². The Kier molecular flexibility index (Phi) is 5.84. The first-order chi connectivity index (χ1) is 17.9. The summed E-state index contributed by atoms with van der Waals surface area (Å²) in [6.45, 7) is 0. The van der Waals surface area contributed by atoms with Gasteiger partial charge in [0.05, 0.1) is 17.5 Å². The summed E-state index contributed by atoms with van der Waals surface area (Å²) < 4.78 is 5.67. The number of aromatic hydroxyl groups is 1. The lowest BCUT2D eigenvalue weighted by Gasteiger charge is -2.52. The molecule has 198 valence electrons. The van der Waals surface area contributed by atoms with Crippen LogP contribution in [0.2, 0.25) is 0 Å². The Morgan fingerprint density at radius 3 is 2.50 bits per heavy atom. The van der Waals surface area contributed by atoms with Crippen molar-refractivity contribution >= 4 is 35.3 Å². The van der Waals surface area contributed by atoms with E-state index in [0.29, 0.717) is 16.9 Å². The standard InChI is InChI=1S/C26H25N3O9/c1-29(2)20-14-8-10-7-13-12(16-6-3-11(38-16)9-28-37)4-5-15(30)18(13)21(31)17(10)23(33)26(14,36)24(34)19(22(20)32)25(27)35/h3-6,9-10,14,17,19-20,30,36-37H,7-8H2,1-2H3,(H2,27,35)/b28-9+/t10-,14-,17?,19?,20-,26-/m0/s1. The molecule has 6 atom stereocenters. The van der Waals surface area contributed by atoms with Crippen LogP contribution in [0.5, 0.6) is 5.75 Å². The van der Waals surface area contributed by atoms with Crippen LogP contribution in [0.25, 0.3) is 11.3 Å². The molecule has 0 bridgehead atoms.